The summed E-state index contributed by atoms with van der Waals surface area (Å²) < 4.78 is 26.7. The average Bonchev–Trinajstić information content (AvgIpc) is 2.70. The van der Waals surface area contributed by atoms with Crippen LogP contribution in [0.1, 0.15) is 39.3 Å². The average molecular weight is 306 g/mol. The Hall–Kier alpha value is -0.660. The number of nitrogens with one attached hydrogen (secondary N) is 1. The third-order valence-corrected chi connectivity index (χ3v) is 6.85. The Morgan fingerprint density at radius 1 is 1.26 bits per heavy atom. The molecule has 1 heterocycles. The molecule has 0 fully saturated rings. The topological polar surface area (TPSA) is 70.2 Å². The van der Waals surface area contributed by atoms with Gasteiger partial charge in [0.2, 0.25) is 0 Å². The molecule has 19 heavy (non-hydrogen) atoms. The molecule has 110 valence electrons. The first-order chi connectivity index (χ1) is 8.86. The van der Waals surface area contributed by atoms with Crippen molar-refractivity contribution in [1.29, 1.82) is 0 Å². The monoisotopic (exact) mass is 306 g/mol. The maximum absolute atomic E-state index is 12.5. The Labute approximate surface area is 118 Å². The summed E-state index contributed by atoms with van der Waals surface area (Å²) in [7, 11) is -3.56. The van der Waals surface area contributed by atoms with Gasteiger partial charge in [-0.1, -0.05) is 44.9 Å². The van der Waals surface area contributed by atoms with Crippen molar-refractivity contribution >= 4 is 21.4 Å². The first-order valence-corrected chi connectivity index (χ1v) is 8.82. The summed E-state index contributed by atoms with van der Waals surface area (Å²) in [6.45, 7) is 8.51. The lowest BCUT2D eigenvalue weighted by molar-refractivity contribution is 0.339. The van der Waals surface area contributed by atoms with Gasteiger partial charge in [0.15, 0.2) is 4.21 Å². The van der Waals surface area contributed by atoms with Crippen molar-refractivity contribution in [2.45, 2.75) is 44.7 Å². The normalized spacial score (nSPS) is 12.5. The second kappa shape index (κ2) is 6.67. The van der Waals surface area contributed by atoms with Gasteiger partial charge in [-0.2, -0.15) is 4.31 Å². The Balaban J connectivity index is 3.09. The highest BCUT2D eigenvalue weighted by Crippen LogP contribution is 2.23. The highest BCUT2D eigenvalue weighted by Gasteiger charge is 2.28. The van der Waals surface area contributed by atoms with Gasteiger partial charge in [-0.05, 0) is 12.8 Å². The predicted molar refractivity (Wildman–Crippen MR) is 78.2 cm³/mol. The molecule has 0 aliphatic carbocycles. The van der Waals surface area contributed by atoms with Gasteiger partial charge in [-0.3, -0.25) is 4.79 Å². The Morgan fingerprint density at radius 3 is 2.21 bits per heavy atom. The van der Waals surface area contributed by atoms with Crippen LogP contribution in [-0.2, 0) is 10.0 Å². The Morgan fingerprint density at radius 2 is 1.84 bits per heavy atom. The number of aromatic nitrogens is 1. The van der Waals surface area contributed by atoms with Crippen LogP contribution in [0.2, 0.25) is 0 Å². The minimum absolute atomic E-state index is 0.144. The maximum Gasteiger partial charge on any atom is 0.305 e. The van der Waals surface area contributed by atoms with Gasteiger partial charge in [0.25, 0.3) is 10.0 Å². The summed E-state index contributed by atoms with van der Waals surface area (Å²) >= 11 is 0.767. The third-order valence-electron chi connectivity index (χ3n) is 3.32. The molecule has 0 aliphatic heterocycles. The first kappa shape index (κ1) is 16.4. The molecule has 0 unspecified atom stereocenters. The molecule has 0 aliphatic rings. The van der Waals surface area contributed by atoms with Crippen LogP contribution in [0.5, 0.6) is 0 Å². The maximum atomic E-state index is 12.5. The Bertz CT molecular complexity index is 556. The largest absolute Gasteiger partial charge is 0.315 e. The van der Waals surface area contributed by atoms with Crippen LogP contribution in [0, 0.1) is 12.8 Å². The van der Waals surface area contributed by atoms with E-state index in [2.05, 4.69) is 18.8 Å². The van der Waals surface area contributed by atoms with E-state index in [1.807, 2.05) is 6.92 Å². The summed E-state index contributed by atoms with van der Waals surface area (Å²) in [5.41, 5.74) is 0.429. The highest BCUT2D eigenvalue weighted by atomic mass is 32.2. The van der Waals surface area contributed by atoms with Crippen LogP contribution < -0.4 is 4.87 Å². The molecule has 1 rings (SSSR count). The number of thiazole rings is 1. The summed E-state index contributed by atoms with van der Waals surface area (Å²) in [5, 5.41) is 0. The second-order valence-electron chi connectivity index (χ2n) is 4.57. The van der Waals surface area contributed by atoms with Crippen molar-refractivity contribution in [3.63, 3.8) is 0 Å². The zero-order chi connectivity index (χ0) is 14.6. The number of aromatic amines is 1. The molecule has 0 saturated carbocycles. The molecule has 0 bridgehead atoms. The molecule has 0 radical (unpaired) electrons. The fourth-order valence-corrected chi connectivity index (χ4v) is 4.95. The molecule has 0 atom stereocenters. The van der Waals surface area contributed by atoms with Crippen molar-refractivity contribution in [3.8, 4) is 0 Å². The van der Waals surface area contributed by atoms with Gasteiger partial charge in [0.05, 0.1) is 0 Å². The van der Waals surface area contributed by atoms with Crippen LogP contribution in [0.4, 0.5) is 0 Å². The van der Waals surface area contributed by atoms with E-state index in [9.17, 15) is 13.2 Å². The van der Waals surface area contributed by atoms with E-state index in [4.69, 9.17) is 0 Å². The van der Waals surface area contributed by atoms with E-state index in [1.54, 1.807) is 6.92 Å². The highest BCUT2D eigenvalue weighted by molar-refractivity contribution is 7.91. The predicted octanol–water partition coefficient (Wildman–Crippen LogP) is 2.19. The van der Waals surface area contributed by atoms with Crippen molar-refractivity contribution in [2.24, 2.45) is 5.92 Å². The van der Waals surface area contributed by atoms with Crippen LogP contribution in [0.25, 0.3) is 0 Å². The molecule has 1 aromatic heterocycles. The van der Waals surface area contributed by atoms with Gasteiger partial charge in [-0.15, -0.1) is 0 Å². The minimum Gasteiger partial charge on any atom is -0.315 e. The number of hydrogen-bond donors (Lipinski definition) is 1. The van der Waals surface area contributed by atoms with E-state index in [1.165, 1.54) is 4.31 Å². The summed E-state index contributed by atoms with van der Waals surface area (Å²) in [4.78, 5) is 13.5. The quantitative estimate of drug-likeness (QED) is 0.839. The number of hydrogen-bond acceptors (Lipinski definition) is 4. The molecule has 0 saturated heterocycles. The molecular formula is C12H22N2O3S2. The van der Waals surface area contributed by atoms with E-state index in [0.717, 1.165) is 24.2 Å². The lowest BCUT2D eigenvalue weighted by Gasteiger charge is -2.24. The summed E-state index contributed by atoms with van der Waals surface area (Å²) in [5.74, 6) is 0.352. The number of H-pyrrole nitrogens is 1. The smallest absolute Gasteiger partial charge is 0.305 e. The van der Waals surface area contributed by atoms with Gasteiger partial charge in [-0.25, -0.2) is 8.42 Å². The number of rotatable bonds is 7. The first-order valence-electron chi connectivity index (χ1n) is 6.56. The molecular weight excluding hydrogens is 284 g/mol. The van der Waals surface area contributed by atoms with Gasteiger partial charge < -0.3 is 4.98 Å². The van der Waals surface area contributed by atoms with Crippen LogP contribution >= 0.6 is 11.3 Å². The summed E-state index contributed by atoms with van der Waals surface area (Å²) in [6, 6.07) is 0. The summed E-state index contributed by atoms with van der Waals surface area (Å²) in [6.07, 6.45) is 1.90. The number of sulfonamides is 1. The fraction of sp³-hybridized carbons (Fsp3) is 0.750. The van der Waals surface area contributed by atoms with E-state index < -0.39 is 10.0 Å². The van der Waals surface area contributed by atoms with Gasteiger partial charge in [0, 0.05) is 18.8 Å². The molecule has 0 amide bonds. The van der Waals surface area contributed by atoms with E-state index in [0.29, 0.717) is 24.7 Å². The van der Waals surface area contributed by atoms with E-state index in [-0.39, 0.29) is 9.08 Å². The standard InChI is InChI=1S/C12H22N2O3S2/c1-5-10(6-2)8-14(7-3)19(16,17)11-9(4)13-12(15)18-11/h10H,5-8H2,1-4H3,(H,13,15). The van der Waals surface area contributed by atoms with Crippen LogP contribution in [0.3, 0.4) is 0 Å². The fourth-order valence-electron chi connectivity index (χ4n) is 1.99. The third kappa shape index (κ3) is 3.67. The van der Waals surface area contributed by atoms with Crippen molar-refractivity contribution in [2.75, 3.05) is 13.1 Å². The van der Waals surface area contributed by atoms with Crippen molar-refractivity contribution in [1.82, 2.24) is 9.29 Å². The molecule has 5 nitrogen and oxygen atoms in total. The van der Waals surface area contributed by atoms with Crippen molar-refractivity contribution in [3.05, 3.63) is 15.4 Å². The zero-order valence-electron chi connectivity index (χ0n) is 11.9. The minimum atomic E-state index is -3.56. The van der Waals surface area contributed by atoms with Crippen LogP contribution in [-0.4, -0.2) is 30.8 Å². The molecule has 1 aromatic rings. The van der Waals surface area contributed by atoms with E-state index >= 15 is 0 Å². The van der Waals surface area contributed by atoms with Crippen molar-refractivity contribution < 1.29 is 8.42 Å². The molecule has 0 aromatic carbocycles. The Kier molecular flexibility index (Phi) is 5.76. The number of aryl methyl sites for hydroxylation is 1. The SMILES string of the molecule is CCC(CC)CN(CC)S(=O)(=O)c1sc(=O)[nH]c1C. The van der Waals surface area contributed by atoms with Gasteiger partial charge in [0.1, 0.15) is 0 Å². The molecule has 7 heteroatoms. The molecule has 1 N–H and O–H groups in total. The number of nitrogens with zero attached hydrogens (tertiary/aromatic N) is 1. The van der Waals surface area contributed by atoms with Crippen LogP contribution in [0.15, 0.2) is 9.00 Å². The molecule has 0 spiro atoms. The lowest BCUT2D eigenvalue weighted by atomic mass is 10.0. The second-order valence-corrected chi connectivity index (χ2v) is 7.68. The van der Waals surface area contributed by atoms with Gasteiger partial charge >= 0.3 is 4.87 Å². The zero-order valence-corrected chi connectivity index (χ0v) is 13.5. The lowest BCUT2D eigenvalue weighted by Crippen LogP contribution is -2.35.